The summed E-state index contributed by atoms with van der Waals surface area (Å²) in [6.45, 7) is 0. The number of Topliss-reactive ketones (excluding diaryl/α,β-unsaturated/α-hetero) is 1. The first kappa shape index (κ1) is 12.5. The quantitative estimate of drug-likeness (QED) is 0.846. The minimum atomic E-state index is 0.231. The van der Waals surface area contributed by atoms with Crippen molar-refractivity contribution in [3.8, 4) is 11.4 Å². The Morgan fingerprint density at radius 2 is 1.84 bits per heavy atom. The number of hydrogen-bond donors (Lipinski definition) is 0. The standard InChI is InChI=1S/C14H13BrN2O2/c15-11-5-1-9(2-6-11)13-16-14(19-17-13)10-3-7-12(18)8-4-10/h1-2,5-6,10H,3-4,7-8H2. The van der Waals surface area contributed by atoms with Gasteiger partial charge in [-0.25, -0.2) is 0 Å². The van der Waals surface area contributed by atoms with Crippen molar-refractivity contribution in [2.45, 2.75) is 31.6 Å². The maximum atomic E-state index is 11.2. The van der Waals surface area contributed by atoms with Gasteiger partial charge in [-0.3, -0.25) is 4.79 Å². The lowest BCUT2D eigenvalue weighted by molar-refractivity contribution is -0.120. The summed E-state index contributed by atoms with van der Waals surface area (Å²) < 4.78 is 6.36. The smallest absolute Gasteiger partial charge is 0.230 e. The molecule has 1 saturated carbocycles. The van der Waals surface area contributed by atoms with Crippen molar-refractivity contribution in [3.05, 3.63) is 34.6 Å². The summed E-state index contributed by atoms with van der Waals surface area (Å²) in [5, 5.41) is 4.02. The molecule has 3 rings (SSSR count). The maximum absolute atomic E-state index is 11.2. The van der Waals surface area contributed by atoms with Crippen molar-refractivity contribution >= 4 is 21.7 Å². The fourth-order valence-electron chi connectivity index (χ4n) is 2.30. The number of aromatic nitrogens is 2. The molecule has 0 unspecified atom stereocenters. The molecule has 19 heavy (non-hydrogen) atoms. The first-order valence-electron chi connectivity index (χ1n) is 6.33. The highest BCUT2D eigenvalue weighted by atomic mass is 79.9. The Morgan fingerprint density at radius 1 is 1.16 bits per heavy atom. The van der Waals surface area contributed by atoms with E-state index >= 15 is 0 Å². The van der Waals surface area contributed by atoms with E-state index in [2.05, 4.69) is 26.1 Å². The minimum absolute atomic E-state index is 0.231. The Balaban J connectivity index is 1.79. The molecule has 1 heterocycles. The van der Waals surface area contributed by atoms with Gasteiger partial charge in [0.15, 0.2) is 0 Å². The van der Waals surface area contributed by atoms with Gasteiger partial charge in [-0.15, -0.1) is 0 Å². The maximum Gasteiger partial charge on any atom is 0.230 e. The second-order valence-electron chi connectivity index (χ2n) is 4.78. The third-order valence-corrected chi connectivity index (χ3v) is 3.97. The molecule has 0 aliphatic heterocycles. The summed E-state index contributed by atoms with van der Waals surface area (Å²) in [6.07, 6.45) is 2.89. The molecule has 1 fully saturated rings. The fraction of sp³-hybridized carbons (Fsp3) is 0.357. The van der Waals surface area contributed by atoms with Crippen LogP contribution in [0.3, 0.4) is 0 Å². The van der Waals surface area contributed by atoms with E-state index in [1.54, 1.807) is 0 Å². The number of ketones is 1. The predicted molar refractivity (Wildman–Crippen MR) is 73.7 cm³/mol. The second kappa shape index (κ2) is 5.25. The van der Waals surface area contributed by atoms with Crippen molar-refractivity contribution < 1.29 is 9.32 Å². The molecule has 1 aliphatic carbocycles. The number of carbonyl (C=O) groups is 1. The fourth-order valence-corrected chi connectivity index (χ4v) is 2.57. The zero-order valence-corrected chi connectivity index (χ0v) is 11.9. The van der Waals surface area contributed by atoms with Crippen LogP contribution in [0.15, 0.2) is 33.3 Å². The highest BCUT2D eigenvalue weighted by Gasteiger charge is 2.25. The van der Waals surface area contributed by atoms with E-state index < -0.39 is 0 Å². The first-order valence-corrected chi connectivity index (χ1v) is 7.13. The van der Waals surface area contributed by atoms with Crippen LogP contribution in [0.4, 0.5) is 0 Å². The lowest BCUT2D eigenvalue weighted by Gasteiger charge is -2.16. The summed E-state index contributed by atoms with van der Waals surface area (Å²) in [5.41, 5.74) is 0.935. The molecule has 0 saturated heterocycles. The van der Waals surface area contributed by atoms with Crippen molar-refractivity contribution in [1.29, 1.82) is 0 Å². The summed E-state index contributed by atoms with van der Waals surface area (Å²) in [6, 6.07) is 7.79. The van der Waals surface area contributed by atoms with E-state index in [1.807, 2.05) is 24.3 Å². The number of benzene rings is 1. The lowest BCUT2D eigenvalue weighted by atomic mass is 9.88. The highest BCUT2D eigenvalue weighted by molar-refractivity contribution is 9.10. The topological polar surface area (TPSA) is 56.0 Å². The van der Waals surface area contributed by atoms with Gasteiger partial charge in [0.1, 0.15) is 5.78 Å². The van der Waals surface area contributed by atoms with E-state index in [9.17, 15) is 4.79 Å². The molecule has 0 bridgehead atoms. The van der Waals surface area contributed by atoms with Gasteiger partial charge >= 0.3 is 0 Å². The second-order valence-corrected chi connectivity index (χ2v) is 5.69. The van der Waals surface area contributed by atoms with Crippen LogP contribution in [0.2, 0.25) is 0 Å². The predicted octanol–water partition coefficient (Wildman–Crippen LogP) is 3.73. The molecule has 0 N–H and O–H groups in total. The SMILES string of the molecule is O=C1CCC(c2nc(-c3ccc(Br)cc3)no2)CC1. The largest absolute Gasteiger partial charge is 0.339 e. The Kier molecular flexibility index (Phi) is 3.46. The average Bonchev–Trinajstić information content (AvgIpc) is 2.90. The van der Waals surface area contributed by atoms with E-state index in [0.29, 0.717) is 30.3 Å². The molecule has 5 heteroatoms. The van der Waals surface area contributed by atoms with Crippen LogP contribution in [0.1, 0.15) is 37.5 Å². The molecule has 0 amide bonds. The molecule has 98 valence electrons. The number of halogens is 1. The van der Waals surface area contributed by atoms with Crippen molar-refractivity contribution in [2.75, 3.05) is 0 Å². The van der Waals surface area contributed by atoms with Gasteiger partial charge in [0.25, 0.3) is 0 Å². The van der Waals surface area contributed by atoms with Crippen molar-refractivity contribution in [3.63, 3.8) is 0 Å². The summed E-state index contributed by atoms with van der Waals surface area (Å²) in [4.78, 5) is 15.7. The monoisotopic (exact) mass is 320 g/mol. The minimum Gasteiger partial charge on any atom is -0.339 e. The van der Waals surface area contributed by atoms with Gasteiger partial charge < -0.3 is 4.52 Å². The molecule has 1 aromatic heterocycles. The normalized spacial score (nSPS) is 16.8. The van der Waals surface area contributed by atoms with Crippen LogP contribution in [0.25, 0.3) is 11.4 Å². The molecule has 2 aromatic rings. The van der Waals surface area contributed by atoms with Gasteiger partial charge in [-0.2, -0.15) is 4.98 Å². The van der Waals surface area contributed by atoms with E-state index in [4.69, 9.17) is 4.52 Å². The van der Waals surface area contributed by atoms with Crippen LogP contribution < -0.4 is 0 Å². The Bertz CT molecular complexity index is 582. The molecule has 4 nitrogen and oxygen atoms in total. The number of rotatable bonds is 2. The lowest BCUT2D eigenvalue weighted by Crippen LogP contribution is -2.12. The van der Waals surface area contributed by atoms with Gasteiger partial charge in [-0.05, 0) is 37.1 Å². The molecule has 0 radical (unpaired) electrons. The number of hydrogen-bond acceptors (Lipinski definition) is 4. The third kappa shape index (κ3) is 2.76. The third-order valence-electron chi connectivity index (χ3n) is 3.44. The summed E-state index contributed by atoms with van der Waals surface area (Å²) >= 11 is 3.40. The molecule has 1 aromatic carbocycles. The van der Waals surface area contributed by atoms with Gasteiger partial charge in [0.2, 0.25) is 11.7 Å². The van der Waals surface area contributed by atoms with Gasteiger partial charge in [0.05, 0.1) is 0 Å². The summed E-state index contributed by atoms with van der Waals surface area (Å²) in [7, 11) is 0. The molecule has 0 spiro atoms. The van der Waals surface area contributed by atoms with E-state index in [-0.39, 0.29) is 5.92 Å². The zero-order chi connectivity index (χ0) is 13.2. The molecule has 0 atom stereocenters. The van der Waals surface area contributed by atoms with Crippen LogP contribution >= 0.6 is 15.9 Å². The number of nitrogens with zero attached hydrogens (tertiary/aromatic N) is 2. The Morgan fingerprint density at radius 3 is 2.53 bits per heavy atom. The molecular weight excluding hydrogens is 308 g/mol. The summed E-state index contributed by atoms with van der Waals surface area (Å²) in [5.74, 6) is 1.84. The van der Waals surface area contributed by atoms with Crippen LogP contribution in [-0.4, -0.2) is 15.9 Å². The zero-order valence-electron chi connectivity index (χ0n) is 10.3. The van der Waals surface area contributed by atoms with Crippen molar-refractivity contribution in [2.24, 2.45) is 0 Å². The van der Waals surface area contributed by atoms with Crippen LogP contribution in [0.5, 0.6) is 0 Å². The first-order chi connectivity index (χ1) is 9.22. The Labute approximate surface area is 119 Å². The highest BCUT2D eigenvalue weighted by Crippen LogP contribution is 2.31. The Hall–Kier alpha value is -1.49. The van der Waals surface area contributed by atoms with E-state index in [0.717, 1.165) is 22.9 Å². The number of carbonyl (C=O) groups excluding carboxylic acids is 1. The van der Waals surface area contributed by atoms with Gasteiger partial charge in [0, 0.05) is 28.8 Å². The molecule has 1 aliphatic rings. The van der Waals surface area contributed by atoms with Crippen LogP contribution in [0, 0.1) is 0 Å². The van der Waals surface area contributed by atoms with Crippen LogP contribution in [-0.2, 0) is 4.79 Å². The average molecular weight is 321 g/mol. The van der Waals surface area contributed by atoms with Crippen molar-refractivity contribution in [1.82, 2.24) is 10.1 Å². The van der Waals surface area contributed by atoms with E-state index in [1.165, 1.54) is 0 Å². The molecular formula is C14H13BrN2O2. The van der Waals surface area contributed by atoms with Gasteiger partial charge in [-0.1, -0.05) is 21.1 Å².